The van der Waals surface area contributed by atoms with Crippen LogP contribution in [0, 0.1) is 5.92 Å². The van der Waals surface area contributed by atoms with Crippen molar-refractivity contribution in [2.75, 3.05) is 6.61 Å². The van der Waals surface area contributed by atoms with Gasteiger partial charge in [0.15, 0.2) is 6.29 Å². The van der Waals surface area contributed by atoms with Gasteiger partial charge in [0.05, 0.1) is 5.60 Å². The Morgan fingerprint density at radius 3 is 3.16 bits per heavy atom. The Morgan fingerprint density at radius 1 is 1.42 bits per heavy atom. The molecule has 0 radical (unpaired) electrons. The van der Waals surface area contributed by atoms with Gasteiger partial charge in [-0.3, -0.25) is 0 Å². The van der Waals surface area contributed by atoms with Gasteiger partial charge in [0.1, 0.15) is 6.29 Å². The molecule has 2 bridgehead atoms. The van der Waals surface area contributed by atoms with Gasteiger partial charge in [-0.2, -0.15) is 0 Å². The SMILES string of the molecule is O=CCC1C=C2CCCC(OC3CCCCO3)(C2)C1. The van der Waals surface area contributed by atoms with E-state index < -0.39 is 0 Å². The van der Waals surface area contributed by atoms with E-state index in [9.17, 15) is 4.79 Å². The molecule has 1 aliphatic heterocycles. The zero-order valence-electron chi connectivity index (χ0n) is 11.6. The van der Waals surface area contributed by atoms with Crippen molar-refractivity contribution in [3.05, 3.63) is 11.6 Å². The van der Waals surface area contributed by atoms with Crippen LogP contribution in [0.25, 0.3) is 0 Å². The molecule has 3 atom stereocenters. The smallest absolute Gasteiger partial charge is 0.158 e. The molecule has 3 heteroatoms. The minimum absolute atomic E-state index is 0.0110. The highest BCUT2D eigenvalue weighted by atomic mass is 16.7. The number of allylic oxidation sites excluding steroid dienone is 1. The Balaban J connectivity index is 1.70. The fraction of sp³-hybridized carbons (Fsp3) is 0.812. The maximum atomic E-state index is 10.8. The Bertz CT molecular complexity index is 357. The zero-order valence-corrected chi connectivity index (χ0v) is 11.6. The molecule has 0 aromatic heterocycles. The van der Waals surface area contributed by atoms with Crippen molar-refractivity contribution < 1.29 is 14.3 Å². The van der Waals surface area contributed by atoms with Gasteiger partial charge >= 0.3 is 0 Å². The van der Waals surface area contributed by atoms with Crippen LogP contribution in [0.3, 0.4) is 0 Å². The van der Waals surface area contributed by atoms with E-state index in [0.717, 1.165) is 45.0 Å². The van der Waals surface area contributed by atoms with Crippen molar-refractivity contribution in [3.63, 3.8) is 0 Å². The molecule has 3 rings (SSSR count). The summed E-state index contributed by atoms with van der Waals surface area (Å²) in [6.07, 6.45) is 13.0. The normalized spacial score (nSPS) is 38.6. The quantitative estimate of drug-likeness (QED) is 0.577. The van der Waals surface area contributed by atoms with Crippen LogP contribution in [-0.2, 0) is 14.3 Å². The predicted octanol–water partition coefficient (Wildman–Crippen LogP) is 3.38. The van der Waals surface area contributed by atoms with Gasteiger partial charge in [0, 0.05) is 13.0 Å². The first-order chi connectivity index (χ1) is 9.30. The Labute approximate surface area is 115 Å². The molecule has 3 aliphatic rings. The lowest BCUT2D eigenvalue weighted by molar-refractivity contribution is -0.235. The third-order valence-corrected chi connectivity index (χ3v) is 4.70. The molecule has 3 unspecified atom stereocenters. The molecule has 0 N–H and O–H groups in total. The van der Waals surface area contributed by atoms with Crippen molar-refractivity contribution >= 4 is 6.29 Å². The van der Waals surface area contributed by atoms with Crippen LogP contribution in [0.1, 0.15) is 57.8 Å². The van der Waals surface area contributed by atoms with E-state index in [2.05, 4.69) is 6.08 Å². The van der Waals surface area contributed by atoms with Crippen molar-refractivity contribution in [1.82, 2.24) is 0 Å². The monoisotopic (exact) mass is 264 g/mol. The molecule has 0 aromatic carbocycles. The highest BCUT2D eigenvalue weighted by molar-refractivity contribution is 5.50. The van der Waals surface area contributed by atoms with Crippen LogP contribution in [0.4, 0.5) is 0 Å². The van der Waals surface area contributed by atoms with Gasteiger partial charge in [0.25, 0.3) is 0 Å². The van der Waals surface area contributed by atoms with Crippen LogP contribution in [-0.4, -0.2) is 24.8 Å². The third kappa shape index (κ3) is 3.09. The summed E-state index contributed by atoms with van der Waals surface area (Å²) in [4.78, 5) is 10.8. The van der Waals surface area contributed by atoms with Crippen molar-refractivity contribution in [1.29, 1.82) is 0 Å². The topological polar surface area (TPSA) is 35.5 Å². The van der Waals surface area contributed by atoms with Crippen molar-refractivity contribution in [3.8, 4) is 0 Å². The fourth-order valence-corrected chi connectivity index (χ4v) is 3.92. The molecule has 1 saturated carbocycles. The Kier molecular flexibility index (Phi) is 4.04. The van der Waals surface area contributed by atoms with E-state index in [0.29, 0.717) is 12.3 Å². The number of hydrogen-bond acceptors (Lipinski definition) is 3. The first-order valence-corrected chi connectivity index (χ1v) is 7.72. The Hall–Kier alpha value is -0.670. The first kappa shape index (κ1) is 13.3. The standard InChI is InChI=1S/C16H24O3/c17-8-6-14-10-13-4-3-7-16(11-13,12-14)19-15-5-1-2-9-18-15/h8,10,14-15H,1-7,9,11-12H2. The molecule has 0 aromatic rings. The number of rotatable bonds is 4. The van der Waals surface area contributed by atoms with E-state index in [4.69, 9.17) is 9.47 Å². The van der Waals surface area contributed by atoms with Crippen LogP contribution in [0.2, 0.25) is 0 Å². The second-order valence-electron chi connectivity index (χ2n) is 6.32. The minimum Gasteiger partial charge on any atom is -0.353 e. The number of carbonyl (C=O) groups excluding carboxylic acids is 1. The second-order valence-corrected chi connectivity index (χ2v) is 6.32. The molecule has 106 valence electrons. The van der Waals surface area contributed by atoms with Gasteiger partial charge in [-0.15, -0.1) is 0 Å². The number of fused-ring (bicyclic) bond motifs is 2. The van der Waals surface area contributed by atoms with Crippen LogP contribution in [0.5, 0.6) is 0 Å². The molecule has 19 heavy (non-hydrogen) atoms. The van der Waals surface area contributed by atoms with Crippen LogP contribution in [0.15, 0.2) is 11.6 Å². The zero-order chi connectivity index (χ0) is 13.1. The van der Waals surface area contributed by atoms with E-state index in [1.54, 1.807) is 0 Å². The largest absolute Gasteiger partial charge is 0.353 e. The average molecular weight is 264 g/mol. The summed E-state index contributed by atoms with van der Waals surface area (Å²) in [6, 6.07) is 0. The molecule has 3 nitrogen and oxygen atoms in total. The summed E-state index contributed by atoms with van der Waals surface area (Å²) >= 11 is 0. The minimum atomic E-state index is -0.0436. The molecule has 1 saturated heterocycles. The average Bonchev–Trinajstić information content (AvgIpc) is 2.39. The highest BCUT2D eigenvalue weighted by Crippen LogP contribution is 2.45. The molecule has 0 spiro atoms. The van der Waals surface area contributed by atoms with Gasteiger partial charge in [-0.1, -0.05) is 11.6 Å². The lowest BCUT2D eigenvalue weighted by Crippen LogP contribution is -2.44. The molecular formula is C16H24O3. The summed E-state index contributed by atoms with van der Waals surface area (Å²) in [7, 11) is 0. The van der Waals surface area contributed by atoms with Crippen LogP contribution < -0.4 is 0 Å². The van der Waals surface area contributed by atoms with Gasteiger partial charge < -0.3 is 14.3 Å². The predicted molar refractivity (Wildman–Crippen MR) is 72.7 cm³/mol. The third-order valence-electron chi connectivity index (χ3n) is 4.70. The summed E-state index contributed by atoms with van der Waals surface area (Å²) in [5, 5.41) is 0. The van der Waals surface area contributed by atoms with E-state index in [1.165, 1.54) is 24.8 Å². The lowest BCUT2D eigenvalue weighted by atomic mass is 9.70. The summed E-state index contributed by atoms with van der Waals surface area (Å²) in [6.45, 7) is 0.835. The van der Waals surface area contributed by atoms with E-state index in [1.807, 2.05) is 0 Å². The molecule has 2 aliphatic carbocycles. The lowest BCUT2D eigenvalue weighted by Gasteiger charge is -2.45. The molecule has 0 amide bonds. The molecular weight excluding hydrogens is 240 g/mol. The highest BCUT2D eigenvalue weighted by Gasteiger charge is 2.42. The summed E-state index contributed by atoms with van der Waals surface area (Å²) in [5.74, 6) is 0.380. The van der Waals surface area contributed by atoms with Gasteiger partial charge in [-0.05, 0) is 57.3 Å². The van der Waals surface area contributed by atoms with Crippen LogP contribution >= 0.6 is 0 Å². The van der Waals surface area contributed by atoms with Gasteiger partial charge in [-0.25, -0.2) is 0 Å². The second kappa shape index (κ2) is 5.76. The fourth-order valence-electron chi connectivity index (χ4n) is 3.92. The number of aldehydes is 1. The maximum absolute atomic E-state index is 10.8. The number of hydrogen-bond donors (Lipinski definition) is 0. The Morgan fingerprint density at radius 2 is 2.37 bits per heavy atom. The first-order valence-electron chi connectivity index (χ1n) is 7.72. The number of carbonyl (C=O) groups is 1. The summed E-state index contributed by atoms with van der Waals surface area (Å²) in [5.41, 5.74) is 1.46. The van der Waals surface area contributed by atoms with Crippen molar-refractivity contribution in [2.45, 2.75) is 69.7 Å². The maximum Gasteiger partial charge on any atom is 0.158 e. The van der Waals surface area contributed by atoms with Gasteiger partial charge in [0.2, 0.25) is 0 Å². The molecule has 1 heterocycles. The van der Waals surface area contributed by atoms with E-state index >= 15 is 0 Å². The molecule has 2 fully saturated rings. The number of ether oxygens (including phenoxy) is 2. The van der Waals surface area contributed by atoms with E-state index in [-0.39, 0.29) is 11.9 Å². The summed E-state index contributed by atoms with van der Waals surface area (Å²) < 4.78 is 12.1. The van der Waals surface area contributed by atoms with Crippen molar-refractivity contribution in [2.24, 2.45) is 5.92 Å².